The predicted molar refractivity (Wildman–Crippen MR) is 114 cm³/mol. The van der Waals surface area contributed by atoms with E-state index in [9.17, 15) is 4.79 Å². The highest BCUT2D eigenvalue weighted by atomic mass is 16.2. The van der Waals surface area contributed by atoms with Gasteiger partial charge in [-0.1, -0.05) is 36.4 Å². The second-order valence-corrected chi connectivity index (χ2v) is 6.91. The number of pyridine rings is 1. The molecule has 3 aromatic rings. The second kappa shape index (κ2) is 8.27. The summed E-state index contributed by atoms with van der Waals surface area (Å²) in [5.41, 5.74) is 8.42. The standard InChI is InChI=1S/C22H25N5O/c23-10-11-24-20-16-21(25-19-9-5-4-8-18(19)20)26-12-14-27(15-13-26)22(28)17-6-2-1-3-7-17/h1-9,16H,10-15,23H2,(H,24,25). The molecule has 0 spiro atoms. The van der Waals surface area contributed by atoms with Crippen LogP contribution < -0.4 is 16.0 Å². The molecule has 2 aromatic carbocycles. The zero-order valence-electron chi connectivity index (χ0n) is 15.8. The number of amides is 1. The van der Waals surface area contributed by atoms with E-state index in [1.54, 1.807) is 0 Å². The molecule has 1 aliphatic heterocycles. The van der Waals surface area contributed by atoms with Gasteiger partial charge in [0, 0.05) is 62.0 Å². The number of fused-ring (bicyclic) bond motifs is 1. The van der Waals surface area contributed by atoms with Crippen molar-refractivity contribution in [1.29, 1.82) is 0 Å². The Labute approximate surface area is 165 Å². The maximum atomic E-state index is 12.7. The highest BCUT2D eigenvalue weighted by Crippen LogP contribution is 2.27. The molecule has 6 heteroatoms. The van der Waals surface area contributed by atoms with E-state index in [-0.39, 0.29) is 5.91 Å². The molecular formula is C22H25N5O. The fourth-order valence-electron chi connectivity index (χ4n) is 3.58. The molecule has 3 N–H and O–H groups in total. The molecule has 1 fully saturated rings. The fourth-order valence-corrected chi connectivity index (χ4v) is 3.58. The summed E-state index contributed by atoms with van der Waals surface area (Å²) in [6, 6.07) is 19.7. The van der Waals surface area contributed by atoms with E-state index in [4.69, 9.17) is 10.7 Å². The molecule has 0 atom stereocenters. The largest absolute Gasteiger partial charge is 0.383 e. The van der Waals surface area contributed by atoms with Gasteiger partial charge in [-0.15, -0.1) is 0 Å². The number of hydrogen-bond donors (Lipinski definition) is 2. The summed E-state index contributed by atoms with van der Waals surface area (Å²) in [5, 5.41) is 4.50. The lowest BCUT2D eigenvalue weighted by atomic mass is 10.1. The first-order valence-electron chi connectivity index (χ1n) is 9.69. The molecule has 2 heterocycles. The van der Waals surface area contributed by atoms with Crippen molar-refractivity contribution < 1.29 is 4.79 Å². The molecule has 0 unspecified atom stereocenters. The minimum atomic E-state index is 0.0945. The average Bonchev–Trinajstić information content (AvgIpc) is 2.77. The van der Waals surface area contributed by atoms with Crippen LogP contribution >= 0.6 is 0 Å². The van der Waals surface area contributed by atoms with Crippen LogP contribution in [0.15, 0.2) is 60.7 Å². The SMILES string of the molecule is NCCNc1cc(N2CCN(C(=O)c3ccccc3)CC2)nc2ccccc12. The normalized spacial score (nSPS) is 14.3. The number of hydrogen-bond acceptors (Lipinski definition) is 5. The number of piperazine rings is 1. The van der Waals surface area contributed by atoms with Gasteiger partial charge in [-0.05, 0) is 18.2 Å². The first-order chi connectivity index (χ1) is 13.8. The fraction of sp³-hybridized carbons (Fsp3) is 0.273. The molecule has 4 rings (SSSR count). The van der Waals surface area contributed by atoms with Crippen LogP contribution in [0.4, 0.5) is 11.5 Å². The lowest BCUT2D eigenvalue weighted by Crippen LogP contribution is -2.49. The number of carbonyl (C=O) groups is 1. The van der Waals surface area contributed by atoms with Crippen LogP contribution in [0.25, 0.3) is 10.9 Å². The highest BCUT2D eigenvalue weighted by Gasteiger charge is 2.23. The van der Waals surface area contributed by atoms with E-state index in [0.29, 0.717) is 26.2 Å². The van der Waals surface area contributed by atoms with Crippen molar-refractivity contribution in [3.8, 4) is 0 Å². The molecule has 0 bridgehead atoms. The first kappa shape index (κ1) is 18.3. The number of nitrogens with two attached hydrogens (primary N) is 1. The molecule has 0 saturated carbocycles. The van der Waals surface area contributed by atoms with Gasteiger partial charge in [0.2, 0.25) is 0 Å². The number of para-hydroxylation sites is 1. The topological polar surface area (TPSA) is 74.5 Å². The summed E-state index contributed by atoms with van der Waals surface area (Å²) in [5.74, 6) is 1.03. The quantitative estimate of drug-likeness (QED) is 0.717. The van der Waals surface area contributed by atoms with Crippen LogP contribution in [-0.2, 0) is 0 Å². The average molecular weight is 375 g/mol. The molecular weight excluding hydrogens is 350 g/mol. The third-order valence-corrected chi connectivity index (χ3v) is 5.07. The van der Waals surface area contributed by atoms with Crippen LogP contribution in [-0.4, -0.2) is 55.1 Å². The van der Waals surface area contributed by atoms with Crippen LogP contribution in [0.5, 0.6) is 0 Å². The van der Waals surface area contributed by atoms with E-state index in [0.717, 1.165) is 41.1 Å². The monoisotopic (exact) mass is 375 g/mol. The van der Waals surface area contributed by atoms with E-state index in [1.807, 2.05) is 53.4 Å². The van der Waals surface area contributed by atoms with Crippen molar-refractivity contribution in [3.63, 3.8) is 0 Å². The number of benzene rings is 2. The van der Waals surface area contributed by atoms with Gasteiger partial charge < -0.3 is 20.9 Å². The van der Waals surface area contributed by atoms with Gasteiger partial charge in [-0.2, -0.15) is 0 Å². The molecule has 1 aromatic heterocycles. The summed E-state index contributed by atoms with van der Waals surface area (Å²) in [6.07, 6.45) is 0. The molecule has 0 radical (unpaired) electrons. The Morgan fingerprint density at radius 2 is 1.71 bits per heavy atom. The van der Waals surface area contributed by atoms with Crippen LogP contribution in [0.2, 0.25) is 0 Å². The van der Waals surface area contributed by atoms with E-state index >= 15 is 0 Å². The number of aromatic nitrogens is 1. The molecule has 1 saturated heterocycles. The summed E-state index contributed by atoms with van der Waals surface area (Å²) < 4.78 is 0. The van der Waals surface area contributed by atoms with Gasteiger partial charge in [0.05, 0.1) is 5.52 Å². The molecule has 28 heavy (non-hydrogen) atoms. The number of rotatable bonds is 5. The maximum absolute atomic E-state index is 12.7. The molecule has 1 aliphatic rings. The second-order valence-electron chi connectivity index (χ2n) is 6.91. The summed E-state index contributed by atoms with van der Waals surface area (Å²) in [6.45, 7) is 4.20. The molecule has 144 valence electrons. The third-order valence-electron chi connectivity index (χ3n) is 5.07. The number of nitrogens with one attached hydrogen (secondary N) is 1. The van der Waals surface area contributed by atoms with Crippen molar-refractivity contribution in [1.82, 2.24) is 9.88 Å². The van der Waals surface area contributed by atoms with Crippen LogP contribution in [0.1, 0.15) is 10.4 Å². The Hall–Kier alpha value is -3.12. The highest BCUT2D eigenvalue weighted by molar-refractivity contribution is 5.95. The van der Waals surface area contributed by atoms with Crippen molar-refractivity contribution in [3.05, 3.63) is 66.2 Å². The Bertz CT molecular complexity index is 952. The Kier molecular flexibility index (Phi) is 5.39. The third kappa shape index (κ3) is 3.77. The van der Waals surface area contributed by atoms with Crippen LogP contribution in [0.3, 0.4) is 0 Å². The molecule has 0 aliphatic carbocycles. The lowest BCUT2D eigenvalue weighted by Gasteiger charge is -2.35. The van der Waals surface area contributed by atoms with Crippen molar-refractivity contribution in [2.75, 3.05) is 49.5 Å². The summed E-state index contributed by atoms with van der Waals surface area (Å²) >= 11 is 0. The van der Waals surface area contributed by atoms with E-state index in [1.165, 1.54) is 0 Å². The van der Waals surface area contributed by atoms with Crippen molar-refractivity contribution in [2.24, 2.45) is 5.73 Å². The summed E-state index contributed by atoms with van der Waals surface area (Å²) in [7, 11) is 0. The Balaban J connectivity index is 1.51. The zero-order chi connectivity index (χ0) is 19.3. The van der Waals surface area contributed by atoms with Gasteiger partial charge in [0.25, 0.3) is 5.91 Å². The van der Waals surface area contributed by atoms with Gasteiger partial charge >= 0.3 is 0 Å². The molecule has 6 nitrogen and oxygen atoms in total. The maximum Gasteiger partial charge on any atom is 0.253 e. The van der Waals surface area contributed by atoms with Crippen molar-refractivity contribution in [2.45, 2.75) is 0 Å². The first-order valence-corrected chi connectivity index (χ1v) is 9.69. The number of carbonyl (C=O) groups excluding carboxylic acids is 1. The zero-order valence-corrected chi connectivity index (χ0v) is 15.8. The van der Waals surface area contributed by atoms with Crippen molar-refractivity contribution >= 4 is 28.3 Å². The Morgan fingerprint density at radius 1 is 1.00 bits per heavy atom. The van der Waals surface area contributed by atoms with Gasteiger partial charge in [0.1, 0.15) is 5.82 Å². The van der Waals surface area contributed by atoms with E-state index in [2.05, 4.69) is 22.3 Å². The lowest BCUT2D eigenvalue weighted by molar-refractivity contribution is 0.0746. The number of nitrogens with zero attached hydrogens (tertiary/aromatic N) is 3. The van der Waals surface area contributed by atoms with Gasteiger partial charge in [0.15, 0.2) is 0 Å². The van der Waals surface area contributed by atoms with E-state index < -0.39 is 0 Å². The number of anilines is 2. The van der Waals surface area contributed by atoms with Crippen LogP contribution in [0, 0.1) is 0 Å². The molecule has 1 amide bonds. The minimum Gasteiger partial charge on any atom is -0.383 e. The van der Waals surface area contributed by atoms with Gasteiger partial charge in [-0.25, -0.2) is 4.98 Å². The summed E-state index contributed by atoms with van der Waals surface area (Å²) in [4.78, 5) is 21.7. The predicted octanol–water partition coefficient (Wildman–Crippen LogP) is 2.57. The van der Waals surface area contributed by atoms with Gasteiger partial charge in [-0.3, -0.25) is 4.79 Å². The minimum absolute atomic E-state index is 0.0945. The smallest absolute Gasteiger partial charge is 0.253 e. The Morgan fingerprint density at radius 3 is 2.46 bits per heavy atom.